The first-order chi connectivity index (χ1) is 11.0. The number of piperidine rings is 1. The lowest BCUT2D eigenvalue weighted by Gasteiger charge is -2.34. The topological polar surface area (TPSA) is 83.3 Å². The normalized spacial score (nSPS) is 19.6. The molecule has 2 N–H and O–H groups in total. The quantitative estimate of drug-likeness (QED) is 0.900. The van der Waals surface area contributed by atoms with E-state index in [1.807, 2.05) is 24.7 Å². The van der Waals surface area contributed by atoms with Gasteiger partial charge in [0.25, 0.3) is 0 Å². The summed E-state index contributed by atoms with van der Waals surface area (Å²) in [7, 11) is 1.86. The third kappa shape index (κ3) is 3.53. The number of hydrogen-bond donors (Lipinski definition) is 2. The number of urea groups is 1. The van der Waals surface area contributed by atoms with Crippen molar-refractivity contribution in [2.45, 2.75) is 25.9 Å². The zero-order valence-electron chi connectivity index (χ0n) is 13.3. The van der Waals surface area contributed by atoms with E-state index in [-0.39, 0.29) is 11.9 Å². The summed E-state index contributed by atoms with van der Waals surface area (Å²) in [4.78, 5) is 23.6. The van der Waals surface area contributed by atoms with E-state index in [2.05, 4.69) is 15.3 Å². The van der Waals surface area contributed by atoms with Crippen LogP contribution in [0, 0.1) is 12.8 Å². The van der Waals surface area contributed by atoms with Crippen LogP contribution in [0.1, 0.15) is 29.6 Å². The smallest absolute Gasteiger partial charge is 0.323 e. The van der Waals surface area contributed by atoms with Crippen LogP contribution < -0.4 is 5.32 Å². The molecular weight excluding hydrogens is 314 g/mol. The molecule has 2 atom stereocenters. The predicted octanol–water partition coefficient (Wildman–Crippen LogP) is 2.16. The van der Waals surface area contributed by atoms with Crippen molar-refractivity contribution in [3.63, 3.8) is 0 Å². The van der Waals surface area contributed by atoms with Gasteiger partial charge in [0.15, 0.2) is 5.13 Å². The number of aliphatic hydroxyl groups excluding tert-OH is 1. The Balaban J connectivity index is 1.63. The Morgan fingerprint density at radius 3 is 3.00 bits per heavy atom. The molecule has 23 heavy (non-hydrogen) atoms. The van der Waals surface area contributed by atoms with Gasteiger partial charge < -0.3 is 14.6 Å². The van der Waals surface area contributed by atoms with E-state index in [1.54, 1.807) is 17.3 Å². The highest BCUT2D eigenvalue weighted by atomic mass is 32.1. The fraction of sp³-hybridized carbons (Fsp3) is 0.533. The molecule has 2 aromatic heterocycles. The maximum Gasteiger partial charge on any atom is 0.323 e. The van der Waals surface area contributed by atoms with Crippen LogP contribution in [0.2, 0.25) is 0 Å². The summed E-state index contributed by atoms with van der Waals surface area (Å²) < 4.78 is 1.82. The Morgan fingerprint density at radius 1 is 1.52 bits per heavy atom. The van der Waals surface area contributed by atoms with Gasteiger partial charge in [0, 0.05) is 49.5 Å². The summed E-state index contributed by atoms with van der Waals surface area (Å²) in [5, 5.41) is 14.0. The molecule has 0 aromatic carbocycles. The molecule has 2 amide bonds. The monoisotopic (exact) mass is 335 g/mol. The van der Waals surface area contributed by atoms with Crippen LogP contribution in [0.3, 0.4) is 0 Å². The molecule has 0 saturated carbocycles. The molecule has 1 fully saturated rings. The molecule has 3 rings (SSSR count). The Labute approximate surface area is 139 Å². The van der Waals surface area contributed by atoms with Gasteiger partial charge >= 0.3 is 6.03 Å². The minimum atomic E-state index is -0.660. The molecule has 0 radical (unpaired) electrons. The van der Waals surface area contributed by atoms with Crippen LogP contribution in [-0.2, 0) is 7.05 Å². The second-order valence-electron chi connectivity index (χ2n) is 5.90. The Morgan fingerprint density at radius 2 is 2.35 bits per heavy atom. The van der Waals surface area contributed by atoms with Crippen molar-refractivity contribution >= 4 is 22.5 Å². The van der Waals surface area contributed by atoms with Crippen molar-refractivity contribution in [3.8, 4) is 0 Å². The number of nitrogens with one attached hydrogen (secondary N) is 1. The molecule has 2 unspecified atom stereocenters. The SMILES string of the molecule is Cc1cnc(NC(=O)N2CCCC(C(O)c3nccn3C)C2)s1. The number of aromatic nitrogens is 3. The standard InChI is InChI=1S/C15H21N5O2S/c1-10-8-17-14(23-10)18-15(22)20-6-3-4-11(9-20)12(21)13-16-5-7-19(13)2/h5,7-8,11-12,21H,3-4,6,9H2,1-2H3,(H,17,18,22). The van der Waals surface area contributed by atoms with Crippen LogP contribution in [-0.4, -0.2) is 43.7 Å². The Hall–Kier alpha value is -1.93. The highest BCUT2D eigenvalue weighted by molar-refractivity contribution is 7.15. The number of rotatable bonds is 3. The Bertz CT molecular complexity index is 683. The van der Waals surface area contributed by atoms with Crippen molar-refractivity contribution in [2.24, 2.45) is 13.0 Å². The number of thiazole rings is 1. The summed E-state index contributed by atoms with van der Waals surface area (Å²) in [5.41, 5.74) is 0. The van der Waals surface area contributed by atoms with Gasteiger partial charge in [-0.25, -0.2) is 14.8 Å². The maximum absolute atomic E-state index is 12.4. The summed E-state index contributed by atoms with van der Waals surface area (Å²) in [6.07, 6.45) is 6.33. The van der Waals surface area contributed by atoms with Gasteiger partial charge in [0.05, 0.1) is 0 Å². The molecule has 0 bridgehead atoms. The lowest BCUT2D eigenvalue weighted by atomic mass is 9.92. The van der Waals surface area contributed by atoms with Gasteiger partial charge in [-0.15, -0.1) is 11.3 Å². The number of aryl methyl sites for hydroxylation is 2. The number of likely N-dealkylation sites (tertiary alicyclic amines) is 1. The number of amides is 2. The number of hydrogen-bond acceptors (Lipinski definition) is 5. The van der Waals surface area contributed by atoms with E-state index in [9.17, 15) is 9.90 Å². The number of carbonyl (C=O) groups excluding carboxylic acids is 1. The molecule has 2 aromatic rings. The number of aliphatic hydroxyl groups is 1. The van der Waals surface area contributed by atoms with Gasteiger partial charge in [0.1, 0.15) is 11.9 Å². The predicted molar refractivity (Wildman–Crippen MR) is 88.3 cm³/mol. The molecular formula is C15H21N5O2S. The number of imidazole rings is 1. The van der Waals surface area contributed by atoms with Gasteiger partial charge in [0.2, 0.25) is 0 Å². The van der Waals surface area contributed by atoms with Crippen LogP contribution >= 0.6 is 11.3 Å². The second-order valence-corrected chi connectivity index (χ2v) is 7.13. The zero-order valence-corrected chi connectivity index (χ0v) is 14.1. The first-order valence-corrected chi connectivity index (χ1v) is 8.50. The number of nitrogens with zero attached hydrogens (tertiary/aromatic N) is 4. The van der Waals surface area contributed by atoms with Crippen LogP contribution in [0.25, 0.3) is 0 Å². The third-order valence-corrected chi connectivity index (χ3v) is 4.98. The molecule has 1 saturated heterocycles. The van der Waals surface area contributed by atoms with Crippen molar-refractivity contribution in [1.29, 1.82) is 0 Å². The number of anilines is 1. The number of carbonyl (C=O) groups is 1. The molecule has 0 aliphatic carbocycles. The minimum Gasteiger partial charge on any atom is -0.385 e. The van der Waals surface area contributed by atoms with Gasteiger partial charge in [-0.05, 0) is 19.8 Å². The fourth-order valence-corrected chi connectivity index (χ4v) is 3.56. The van der Waals surface area contributed by atoms with Crippen molar-refractivity contribution in [2.75, 3.05) is 18.4 Å². The second kappa shape index (κ2) is 6.67. The Kier molecular flexibility index (Phi) is 4.63. The van der Waals surface area contributed by atoms with E-state index in [1.165, 1.54) is 11.3 Å². The molecule has 3 heterocycles. The van der Waals surface area contributed by atoms with E-state index >= 15 is 0 Å². The van der Waals surface area contributed by atoms with Crippen LogP contribution in [0.15, 0.2) is 18.6 Å². The van der Waals surface area contributed by atoms with Crippen LogP contribution in [0.4, 0.5) is 9.93 Å². The summed E-state index contributed by atoms with van der Waals surface area (Å²) in [6, 6.07) is -0.156. The van der Waals surface area contributed by atoms with E-state index in [0.717, 1.165) is 17.7 Å². The maximum atomic E-state index is 12.4. The van der Waals surface area contributed by atoms with E-state index in [4.69, 9.17) is 0 Å². The lowest BCUT2D eigenvalue weighted by Crippen LogP contribution is -2.44. The van der Waals surface area contributed by atoms with Gasteiger partial charge in [-0.2, -0.15) is 0 Å². The van der Waals surface area contributed by atoms with E-state index in [0.29, 0.717) is 24.0 Å². The zero-order chi connectivity index (χ0) is 16.4. The third-order valence-electron chi connectivity index (χ3n) is 4.15. The molecule has 0 spiro atoms. The van der Waals surface area contributed by atoms with Crippen molar-refractivity contribution in [1.82, 2.24) is 19.4 Å². The van der Waals surface area contributed by atoms with Gasteiger partial charge in [-0.1, -0.05) is 0 Å². The highest BCUT2D eigenvalue weighted by Crippen LogP contribution is 2.29. The molecule has 7 nitrogen and oxygen atoms in total. The molecule has 124 valence electrons. The highest BCUT2D eigenvalue weighted by Gasteiger charge is 2.31. The van der Waals surface area contributed by atoms with E-state index < -0.39 is 6.10 Å². The first-order valence-electron chi connectivity index (χ1n) is 7.68. The summed E-state index contributed by atoms with van der Waals surface area (Å²) in [5.74, 6) is 0.640. The average molecular weight is 335 g/mol. The molecule has 1 aliphatic rings. The van der Waals surface area contributed by atoms with Crippen molar-refractivity contribution in [3.05, 3.63) is 29.3 Å². The van der Waals surface area contributed by atoms with Gasteiger partial charge in [-0.3, -0.25) is 5.32 Å². The summed E-state index contributed by atoms with van der Waals surface area (Å²) in [6.45, 7) is 3.16. The molecule has 8 heteroatoms. The van der Waals surface area contributed by atoms with Crippen LogP contribution in [0.5, 0.6) is 0 Å². The largest absolute Gasteiger partial charge is 0.385 e. The molecule has 1 aliphatic heterocycles. The minimum absolute atomic E-state index is 0.00590. The average Bonchev–Trinajstić information content (AvgIpc) is 3.15. The lowest BCUT2D eigenvalue weighted by molar-refractivity contribution is 0.0552. The van der Waals surface area contributed by atoms with Crippen molar-refractivity contribution < 1.29 is 9.90 Å². The first kappa shape index (κ1) is 15.9. The summed E-state index contributed by atoms with van der Waals surface area (Å²) >= 11 is 1.45. The fourth-order valence-electron chi connectivity index (χ4n) is 2.91.